The average Bonchev–Trinajstić information content (AvgIpc) is 2.75. The summed E-state index contributed by atoms with van der Waals surface area (Å²) in [5.74, 6) is -3.80. The van der Waals surface area contributed by atoms with E-state index in [1.165, 1.54) is 0 Å². The van der Waals surface area contributed by atoms with Crippen LogP contribution in [0.4, 0.5) is 0 Å². The lowest BCUT2D eigenvalue weighted by atomic mass is 9.86. The van der Waals surface area contributed by atoms with Crippen molar-refractivity contribution in [1.82, 2.24) is 5.06 Å². The molecule has 0 aromatic rings. The van der Waals surface area contributed by atoms with Crippen molar-refractivity contribution >= 4 is 22.1 Å². The van der Waals surface area contributed by atoms with Crippen molar-refractivity contribution in [3.05, 3.63) is 0 Å². The van der Waals surface area contributed by atoms with Crippen LogP contribution in [0, 0.1) is 5.92 Å². The minimum atomic E-state index is -3.98. The van der Waals surface area contributed by atoms with Crippen molar-refractivity contribution in [2.24, 2.45) is 5.92 Å². The summed E-state index contributed by atoms with van der Waals surface area (Å²) < 4.78 is 33.5. The third kappa shape index (κ3) is 2.89. The lowest BCUT2D eigenvalue weighted by Crippen LogP contribution is -2.59. The molecule has 0 spiro atoms. The largest absolute Gasteiger partial charge is 0.480 e. The van der Waals surface area contributed by atoms with Gasteiger partial charge in [0, 0.05) is 6.54 Å². The second-order valence-electron chi connectivity index (χ2n) is 5.04. The molecule has 2 heterocycles. The molecule has 21 heavy (non-hydrogen) atoms. The Morgan fingerprint density at radius 3 is 2.76 bits per heavy atom. The number of hydrogen-bond donors (Lipinski definition) is 2. The van der Waals surface area contributed by atoms with Gasteiger partial charge in [-0.15, -0.1) is 0 Å². The van der Waals surface area contributed by atoms with Crippen LogP contribution in [0.3, 0.4) is 0 Å². The van der Waals surface area contributed by atoms with E-state index < -0.39 is 40.1 Å². The predicted octanol–water partition coefficient (Wildman–Crippen LogP) is -1.28. The minimum absolute atomic E-state index is 0.00593. The third-order valence-electron chi connectivity index (χ3n) is 3.77. The summed E-state index contributed by atoms with van der Waals surface area (Å²) in [5, 5.41) is 19.6. The van der Waals surface area contributed by atoms with Crippen molar-refractivity contribution in [3.8, 4) is 0 Å². The van der Waals surface area contributed by atoms with E-state index in [-0.39, 0.29) is 31.7 Å². The summed E-state index contributed by atoms with van der Waals surface area (Å²) >= 11 is 0. The fourth-order valence-corrected chi connectivity index (χ4v) is 3.73. The number of carboxylic acid groups (broad SMARTS) is 1. The van der Waals surface area contributed by atoms with Gasteiger partial charge in [0.1, 0.15) is 0 Å². The van der Waals surface area contributed by atoms with Gasteiger partial charge in [-0.3, -0.25) is 4.79 Å². The number of esters is 1. The number of fused-ring (bicyclic) bond motifs is 2. The molecule has 2 aliphatic heterocycles. The Bertz CT molecular complexity index is 532. The number of nitrogens with zero attached hydrogens (tertiary/aromatic N) is 1. The Labute approximate surface area is 121 Å². The van der Waals surface area contributed by atoms with Crippen LogP contribution < -0.4 is 0 Å². The number of carbonyl (C=O) groups excluding carboxylic acids is 1. The van der Waals surface area contributed by atoms with Crippen molar-refractivity contribution in [1.29, 1.82) is 0 Å². The maximum atomic E-state index is 12.0. The first kappa shape index (κ1) is 16.1. The number of cyclic esters (lactones) is 1. The number of hydrogen-bond acceptors (Lipinski definition) is 8. The number of rotatable bonds is 2. The van der Waals surface area contributed by atoms with Gasteiger partial charge in [-0.2, -0.15) is 17.8 Å². The van der Waals surface area contributed by atoms with Crippen LogP contribution in [0.25, 0.3) is 0 Å². The highest BCUT2D eigenvalue weighted by Crippen LogP contribution is 2.37. The monoisotopic (exact) mass is 323 g/mol. The summed E-state index contributed by atoms with van der Waals surface area (Å²) in [6, 6.07) is 0. The SMILES string of the molecule is O=C1OCCCCS(=O)(=O)ON2CCC1C2(CO)C(=O)O. The van der Waals surface area contributed by atoms with Gasteiger partial charge in [0.25, 0.3) is 10.1 Å². The molecule has 2 bridgehead atoms. The molecule has 2 saturated heterocycles. The van der Waals surface area contributed by atoms with Gasteiger partial charge >= 0.3 is 11.9 Å². The molecule has 0 saturated carbocycles. The Balaban J connectivity index is 2.44. The quantitative estimate of drug-likeness (QED) is 0.597. The number of aliphatic hydroxyl groups excluding tert-OH is 1. The van der Waals surface area contributed by atoms with E-state index >= 15 is 0 Å². The van der Waals surface area contributed by atoms with Gasteiger partial charge < -0.3 is 14.9 Å². The van der Waals surface area contributed by atoms with E-state index in [1.54, 1.807) is 0 Å². The lowest BCUT2D eigenvalue weighted by Gasteiger charge is -2.33. The molecule has 2 rings (SSSR count). The smallest absolute Gasteiger partial charge is 0.329 e. The maximum Gasteiger partial charge on any atom is 0.329 e. The van der Waals surface area contributed by atoms with Gasteiger partial charge in [-0.05, 0) is 19.3 Å². The molecule has 0 aromatic carbocycles. The molecule has 3 unspecified atom stereocenters. The molecular weight excluding hydrogens is 306 g/mol. The topological polar surface area (TPSA) is 130 Å². The molecule has 120 valence electrons. The second-order valence-corrected chi connectivity index (χ2v) is 6.71. The molecule has 2 aliphatic rings. The molecule has 0 aliphatic carbocycles. The summed E-state index contributed by atoms with van der Waals surface area (Å²) in [6.45, 7) is -1.06. The summed E-state index contributed by atoms with van der Waals surface area (Å²) in [4.78, 5) is 23.6. The Hall–Kier alpha value is -1.23. The minimum Gasteiger partial charge on any atom is -0.480 e. The molecular formula is C11H17NO8S. The number of ether oxygens (including phenoxy) is 1. The molecule has 10 heteroatoms. The molecule has 0 aromatic heterocycles. The average molecular weight is 323 g/mol. The zero-order valence-electron chi connectivity index (χ0n) is 11.2. The first-order chi connectivity index (χ1) is 9.83. The Morgan fingerprint density at radius 1 is 1.43 bits per heavy atom. The van der Waals surface area contributed by atoms with Crippen LogP contribution in [-0.2, 0) is 28.7 Å². The van der Waals surface area contributed by atoms with Crippen LogP contribution in [0.5, 0.6) is 0 Å². The Kier molecular flexibility index (Phi) is 4.51. The normalized spacial score (nSPS) is 36.5. The van der Waals surface area contributed by atoms with Gasteiger partial charge in [-0.1, -0.05) is 0 Å². The standard InChI is InChI=1S/C11H17NO8S/c13-7-11(10(15)16)8-3-4-12(11)20-21(17,18)6-2-1-5-19-9(8)14/h8,13H,1-7H2,(H,15,16). The summed E-state index contributed by atoms with van der Waals surface area (Å²) in [6.07, 6.45) is 0.592. The first-order valence-electron chi connectivity index (χ1n) is 6.54. The lowest BCUT2D eigenvalue weighted by molar-refractivity contribution is -0.190. The number of carboxylic acids is 1. The molecule has 0 radical (unpaired) electrons. The van der Waals surface area contributed by atoms with Gasteiger partial charge in [0.2, 0.25) is 0 Å². The highest BCUT2D eigenvalue weighted by Gasteiger charge is 2.60. The van der Waals surface area contributed by atoms with Crippen molar-refractivity contribution < 1.29 is 37.2 Å². The highest BCUT2D eigenvalue weighted by atomic mass is 32.2. The van der Waals surface area contributed by atoms with Crippen LogP contribution in [0.2, 0.25) is 0 Å². The molecule has 0 amide bonds. The predicted molar refractivity (Wildman–Crippen MR) is 67.3 cm³/mol. The third-order valence-corrected chi connectivity index (χ3v) is 4.97. The molecule has 9 nitrogen and oxygen atoms in total. The molecule has 3 atom stereocenters. The first-order valence-corrected chi connectivity index (χ1v) is 8.12. The fraction of sp³-hybridized carbons (Fsp3) is 0.818. The number of hydroxylamine groups is 2. The van der Waals surface area contributed by atoms with Crippen molar-refractivity contribution in [2.75, 3.05) is 25.5 Å². The van der Waals surface area contributed by atoms with Crippen molar-refractivity contribution in [2.45, 2.75) is 24.8 Å². The summed E-state index contributed by atoms with van der Waals surface area (Å²) in [5.41, 5.74) is -2.14. The number of carbonyl (C=O) groups is 2. The number of aliphatic hydroxyl groups is 1. The van der Waals surface area contributed by atoms with Gasteiger partial charge in [0.05, 0.1) is 24.9 Å². The van der Waals surface area contributed by atoms with E-state index in [0.29, 0.717) is 11.5 Å². The number of aliphatic carboxylic acids is 1. The van der Waals surface area contributed by atoms with E-state index in [4.69, 9.17) is 9.02 Å². The van der Waals surface area contributed by atoms with Crippen molar-refractivity contribution in [3.63, 3.8) is 0 Å². The molecule has 2 fully saturated rings. The van der Waals surface area contributed by atoms with Crippen LogP contribution in [0.1, 0.15) is 19.3 Å². The highest BCUT2D eigenvalue weighted by molar-refractivity contribution is 7.86. The Morgan fingerprint density at radius 2 is 2.14 bits per heavy atom. The fourth-order valence-electron chi connectivity index (χ4n) is 2.62. The van der Waals surface area contributed by atoms with Crippen LogP contribution >= 0.6 is 0 Å². The maximum absolute atomic E-state index is 12.0. The van der Waals surface area contributed by atoms with E-state index in [1.807, 2.05) is 0 Å². The zero-order chi connectivity index (χ0) is 15.7. The summed E-state index contributed by atoms with van der Waals surface area (Å²) in [7, 11) is -3.98. The van der Waals surface area contributed by atoms with Gasteiger partial charge in [-0.25, -0.2) is 4.79 Å². The van der Waals surface area contributed by atoms with Crippen LogP contribution in [0.15, 0.2) is 0 Å². The van der Waals surface area contributed by atoms with E-state index in [9.17, 15) is 28.2 Å². The van der Waals surface area contributed by atoms with E-state index in [2.05, 4.69) is 0 Å². The zero-order valence-corrected chi connectivity index (χ0v) is 12.0. The van der Waals surface area contributed by atoms with Gasteiger partial charge in [0.15, 0.2) is 5.54 Å². The van der Waals surface area contributed by atoms with E-state index in [0.717, 1.165) is 0 Å². The second kappa shape index (κ2) is 5.87. The molecule has 2 N–H and O–H groups in total. The van der Waals surface area contributed by atoms with Crippen LogP contribution in [-0.4, -0.2) is 66.7 Å².